The molecule has 0 unspecified atom stereocenters. The minimum atomic E-state index is -4.71. The summed E-state index contributed by atoms with van der Waals surface area (Å²) >= 11 is 0. The van der Waals surface area contributed by atoms with E-state index < -0.39 is 46.8 Å². The molecule has 0 aliphatic rings. The molecule has 5 heteroatoms. The molecule has 1 aromatic rings. The molecule has 0 saturated heterocycles. The van der Waals surface area contributed by atoms with Crippen molar-refractivity contribution in [1.82, 2.24) is 0 Å². The first-order valence-electron chi connectivity index (χ1n) is 7.44. The Labute approximate surface area is 104 Å². The van der Waals surface area contributed by atoms with E-state index >= 15 is 0 Å². The van der Waals surface area contributed by atoms with Crippen molar-refractivity contribution < 1.29 is 26.3 Å². The lowest BCUT2D eigenvalue weighted by molar-refractivity contribution is 0.433. The van der Waals surface area contributed by atoms with Gasteiger partial charge in [-0.05, 0) is 36.5 Å². The predicted molar refractivity (Wildman–Crippen MR) is 61.2 cm³/mol. The van der Waals surface area contributed by atoms with Crippen molar-refractivity contribution in [2.75, 3.05) is 0 Å². The van der Waals surface area contributed by atoms with Crippen LogP contribution in [0.2, 0.25) is 0 Å². The number of hydrogen-bond donors (Lipinski definition) is 2. The van der Waals surface area contributed by atoms with Crippen LogP contribution >= 0.6 is 0 Å². The van der Waals surface area contributed by atoms with Gasteiger partial charge in [-0.15, -0.1) is 0 Å². The maximum absolute atomic E-state index is 11.2. The Hall–Kier alpha value is -1.07. The van der Waals surface area contributed by atoms with Gasteiger partial charge in [-0.25, -0.2) is 0 Å². The quantitative estimate of drug-likeness (QED) is 0.806. The van der Waals surface area contributed by atoms with Gasteiger partial charge in [0.1, 0.15) is 10.6 Å². The largest absolute Gasteiger partial charge is 0.506 e. The van der Waals surface area contributed by atoms with E-state index in [0.29, 0.717) is 5.56 Å². The van der Waals surface area contributed by atoms with Crippen LogP contribution < -0.4 is 0 Å². The molecule has 2 N–H and O–H groups in total. The Morgan fingerprint density at radius 3 is 2.56 bits per heavy atom. The second kappa shape index (κ2) is 4.43. The molecular formula is C11H16O4S. The topological polar surface area (TPSA) is 74.6 Å². The average Bonchev–Trinajstić information content (AvgIpc) is 2.22. The van der Waals surface area contributed by atoms with Crippen LogP contribution in [0.4, 0.5) is 0 Å². The van der Waals surface area contributed by atoms with E-state index in [1.165, 1.54) is 13.0 Å². The molecule has 0 aromatic heterocycles. The first kappa shape index (κ1) is 6.61. The molecule has 0 fully saturated rings. The lowest BCUT2D eigenvalue weighted by Crippen LogP contribution is -2.04. The molecule has 90 valence electrons. The highest BCUT2D eigenvalue weighted by Gasteiger charge is 2.19. The second-order valence-electron chi connectivity index (χ2n) is 3.44. The third-order valence-corrected chi connectivity index (χ3v) is 3.05. The van der Waals surface area contributed by atoms with E-state index in [1.54, 1.807) is 0 Å². The molecular weight excluding hydrogens is 228 g/mol. The van der Waals surface area contributed by atoms with E-state index in [2.05, 4.69) is 0 Å². The van der Waals surface area contributed by atoms with Gasteiger partial charge >= 0.3 is 0 Å². The van der Waals surface area contributed by atoms with E-state index in [4.69, 9.17) is 12.8 Å². The Balaban J connectivity index is 3.45. The molecule has 0 heterocycles. The summed E-state index contributed by atoms with van der Waals surface area (Å²) in [6.45, 7) is -4.17. The van der Waals surface area contributed by atoms with Crippen LogP contribution in [0.15, 0.2) is 17.0 Å². The number of aryl methyl sites for hydroxylation is 1. The first-order valence-corrected chi connectivity index (χ1v) is 5.88. The fourth-order valence-corrected chi connectivity index (χ4v) is 1.99. The van der Waals surface area contributed by atoms with Gasteiger partial charge in [0.2, 0.25) is 0 Å². The molecule has 0 amide bonds. The molecule has 16 heavy (non-hydrogen) atoms. The smallest absolute Gasteiger partial charge is 0.298 e. The third-order valence-electron chi connectivity index (χ3n) is 2.17. The van der Waals surface area contributed by atoms with E-state index in [0.717, 1.165) is 6.07 Å². The Bertz CT molecular complexity index is 648. The molecule has 0 spiro atoms. The van der Waals surface area contributed by atoms with Crippen molar-refractivity contribution in [2.45, 2.75) is 31.9 Å². The fourth-order valence-electron chi connectivity index (χ4n) is 1.39. The fraction of sp³-hybridized carbons (Fsp3) is 0.455. The molecule has 0 aliphatic carbocycles. The zero-order valence-corrected chi connectivity index (χ0v) is 9.37. The lowest BCUT2D eigenvalue weighted by atomic mass is 9.98. The monoisotopic (exact) mass is 250 g/mol. The van der Waals surface area contributed by atoms with Crippen LogP contribution in [-0.2, 0) is 16.5 Å². The molecule has 0 bridgehead atoms. The molecule has 4 nitrogen and oxygen atoms in total. The zero-order valence-electron chi connectivity index (χ0n) is 14.6. The summed E-state index contributed by atoms with van der Waals surface area (Å²) in [6, 6.07) is 2.22. The summed E-state index contributed by atoms with van der Waals surface area (Å²) in [4.78, 5) is -0.789. The van der Waals surface area contributed by atoms with Gasteiger partial charge < -0.3 is 5.11 Å². The number of rotatable bonds is 3. The number of benzene rings is 1. The van der Waals surface area contributed by atoms with Gasteiger partial charge in [0, 0.05) is 8.22 Å². The Kier molecular flexibility index (Phi) is 1.83. The van der Waals surface area contributed by atoms with Crippen molar-refractivity contribution in [3.8, 4) is 5.75 Å². The van der Waals surface area contributed by atoms with Gasteiger partial charge in [-0.3, -0.25) is 4.55 Å². The van der Waals surface area contributed by atoms with Gasteiger partial charge in [0.15, 0.2) is 0 Å². The van der Waals surface area contributed by atoms with Gasteiger partial charge in [-0.1, -0.05) is 19.8 Å². The minimum Gasteiger partial charge on any atom is -0.506 e. The average molecular weight is 250 g/mol. The summed E-state index contributed by atoms with van der Waals surface area (Å²) in [5.74, 6) is -2.61. The van der Waals surface area contributed by atoms with Crippen LogP contribution in [0.1, 0.15) is 33.1 Å². The molecule has 1 rings (SSSR count). The Morgan fingerprint density at radius 1 is 1.44 bits per heavy atom. The zero-order chi connectivity index (χ0) is 17.5. The first-order chi connectivity index (χ1) is 9.65. The number of phenols is 1. The number of aromatic hydroxyl groups is 1. The maximum atomic E-state index is 11.2. The molecule has 1 aromatic carbocycles. The summed E-state index contributed by atoms with van der Waals surface area (Å²) in [7, 11) is -4.71. The summed E-state index contributed by atoms with van der Waals surface area (Å²) in [5, 5.41) is 9.98. The third kappa shape index (κ3) is 2.74. The van der Waals surface area contributed by atoms with Crippen molar-refractivity contribution in [2.24, 2.45) is 5.92 Å². The maximum Gasteiger partial charge on any atom is 0.298 e. The summed E-state index contributed by atoms with van der Waals surface area (Å²) < 4.78 is 75.4. The van der Waals surface area contributed by atoms with Crippen LogP contribution in [0.5, 0.6) is 5.75 Å². The van der Waals surface area contributed by atoms with Crippen LogP contribution in [0.25, 0.3) is 0 Å². The van der Waals surface area contributed by atoms with Crippen LogP contribution in [0, 0.1) is 12.8 Å². The highest BCUT2D eigenvalue weighted by atomic mass is 32.2. The normalized spacial score (nSPS) is 19.2. The van der Waals surface area contributed by atoms with Gasteiger partial charge in [0.25, 0.3) is 10.1 Å². The van der Waals surface area contributed by atoms with Crippen LogP contribution in [0.3, 0.4) is 0 Å². The van der Waals surface area contributed by atoms with Crippen molar-refractivity contribution in [1.29, 1.82) is 0 Å². The number of phenolic OH excluding ortho intramolecular Hbond substituents is 1. The lowest BCUT2D eigenvalue weighted by Gasteiger charge is -2.13. The highest BCUT2D eigenvalue weighted by Crippen LogP contribution is 2.31. The SMILES string of the molecule is [2H]C([2H])([2H])C(Cc1c(C)ccc(S(=O)(=O)O)c1O)C([2H])([2H])[2H]. The standard InChI is InChI=1S/C11H16O4S/c1-7(2)6-9-8(3)4-5-10(11(9)12)16(13,14)15/h4-5,7,12H,6H2,1-3H3,(H,13,14,15)/i1D3,2D3. The van der Waals surface area contributed by atoms with Crippen molar-refractivity contribution in [3.63, 3.8) is 0 Å². The van der Waals surface area contributed by atoms with Gasteiger partial charge in [0.05, 0.1) is 0 Å². The van der Waals surface area contributed by atoms with Crippen molar-refractivity contribution in [3.05, 3.63) is 23.3 Å². The van der Waals surface area contributed by atoms with Crippen LogP contribution in [-0.4, -0.2) is 18.1 Å². The highest BCUT2D eigenvalue weighted by molar-refractivity contribution is 7.86. The minimum absolute atomic E-state index is 0.132. The molecule has 0 saturated carbocycles. The van der Waals surface area contributed by atoms with E-state index in [-0.39, 0.29) is 5.56 Å². The molecule has 0 atom stereocenters. The number of hydrogen-bond acceptors (Lipinski definition) is 3. The molecule has 0 radical (unpaired) electrons. The summed E-state index contributed by atoms with van der Waals surface area (Å²) in [6.07, 6.45) is -0.575. The summed E-state index contributed by atoms with van der Waals surface area (Å²) in [5.41, 5.74) is 0.191. The molecule has 0 aliphatic heterocycles. The van der Waals surface area contributed by atoms with Gasteiger partial charge in [-0.2, -0.15) is 8.42 Å². The van der Waals surface area contributed by atoms with E-state index in [9.17, 15) is 13.5 Å². The van der Waals surface area contributed by atoms with E-state index in [1.807, 2.05) is 0 Å². The van der Waals surface area contributed by atoms with Crippen molar-refractivity contribution >= 4 is 10.1 Å². The Morgan fingerprint density at radius 2 is 2.06 bits per heavy atom. The second-order valence-corrected chi connectivity index (χ2v) is 4.83. The predicted octanol–water partition coefficient (Wildman–Crippen LogP) is 2.15.